The molecule has 0 saturated carbocycles. The Morgan fingerprint density at radius 2 is 1.67 bits per heavy atom. The van der Waals surface area contributed by atoms with Crippen molar-refractivity contribution in [3.63, 3.8) is 0 Å². The molecule has 0 unspecified atom stereocenters. The smallest absolute Gasteiger partial charge is 0.105 e. The molecule has 0 aliphatic rings. The van der Waals surface area contributed by atoms with Crippen LogP contribution in [0.15, 0.2) is 0 Å². The van der Waals surface area contributed by atoms with Gasteiger partial charge in [-0.1, -0.05) is 11.8 Å². The number of terminal acetylenes is 1. The monoisotopic (exact) mass is 160 g/mol. The maximum absolute atomic E-state index is 8.28. The molecule has 0 saturated heterocycles. The molecule has 0 aliphatic heterocycles. The van der Waals surface area contributed by atoms with Gasteiger partial charge in [-0.05, 0) is 24.7 Å². The standard InChI is InChI=1S/C11H12O/c1-2-3-4-5-6-7-8-9-10-11-12/h1,12H,3-6,11H2. The van der Waals surface area contributed by atoms with Crippen molar-refractivity contribution < 1.29 is 5.11 Å². The van der Waals surface area contributed by atoms with E-state index >= 15 is 0 Å². The summed E-state index contributed by atoms with van der Waals surface area (Å²) in [6.07, 6.45) is 8.78. The van der Waals surface area contributed by atoms with Gasteiger partial charge in [0, 0.05) is 12.8 Å². The summed E-state index contributed by atoms with van der Waals surface area (Å²) in [4.78, 5) is 0. The van der Waals surface area contributed by atoms with E-state index in [4.69, 9.17) is 11.5 Å². The summed E-state index contributed by atoms with van der Waals surface area (Å²) in [6, 6.07) is 0. The van der Waals surface area contributed by atoms with Crippen LogP contribution >= 0.6 is 0 Å². The van der Waals surface area contributed by atoms with E-state index in [1.807, 2.05) is 0 Å². The fourth-order valence-corrected chi connectivity index (χ4v) is 0.631. The van der Waals surface area contributed by atoms with Crippen molar-refractivity contribution in [2.45, 2.75) is 25.7 Å². The van der Waals surface area contributed by atoms with Gasteiger partial charge in [-0.2, -0.15) is 0 Å². The lowest BCUT2D eigenvalue weighted by Gasteiger charge is -1.86. The Balaban J connectivity index is 3.28. The molecule has 0 rings (SSSR count). The predicted molar refractivity (Wildman–Crippen MR) is 49.9 cm³/mol. The van der Waals surface area contributed by atoms with E-state index in [1.54, 1.807) is 0 Å². The van der Waals surface area contributed by atoms with E-state index in [0.717, 1.165) is 25.7 Å². The second-order valence-electron chi connectivity index (χ2n) is 2.17. The normalized spacial score (nSPS) is 7.00. The quantitative estimate of drug-likeness (QED) is 0.485. The number of aliphatic hydroxyl groups excluding tert-OH is 1. The molecule has 1 N–H and O–H groups in total. The van der Waals surface area contributed by atoms with E-state index in [0.29, 0.717) is 0 Å². The Labute approximate surface area is 74.2 Å². The Morgan fingerprint density at radius 3 is 2.33 bits per heavy atom. The van der Waals surface area contributed by atoms with Gasteiger partial charge in [-0.25, -0.2) is 0 Å². The Kier molecular flexibility index (Phi) is 8.55. The zero-order valence-corrected chi connectivity index (χ0v) is 7.06. The molecular formula is C11H12O. The van der Waals surface area contributed by atoms with Crippen molar-refractivity contribution in [1.82, 2.24) is 0 Å². The molecule has 0 bridgehead atoms. The van der Waals surface area contributed by atoms with Crippen LogP contribution in [0, 0.1) is 36.0 Å². The highest BCUT2D eigenvalue weighted by molar-refractivity contribution is 5.25. The minimum Gasteiger partial charge on any atom is -0.384 e. The first kappa shape index (κ1) is 10.6. The van der Waals surface area contributed by atoms with Crippen LogP contribution in [0.3, 0.4) is 0 Å². The summed E-state index contributed by atoms with van der Waals surface area (Å²) in [5, 5.41) is 8.28. The second kappa shape index (κ2) is 9.64. The lowest BCUT2D eigenvalue weighted by molar-refractivity contribution is 0.350. The van der Waals surface area contributed by atoms with Crippen molar-refractivity contribution in [3.8, 4) is 36.0 Å². The van der Waals surface area contributed by atoms with E-state index in [1.165, 1.54) is 0 Å². The van der Waals surface area contributed by atoms with Gasteiger partial charge in [0.1, 0.15) is 6.61 Å². The third kappa shape index (κ3) is 8.64. The molecule has 0 aromatic heterocycles. The van der Waals surface area contributed by atoms with Gasteiger partial charge in [-0.15, -0.1) is 12.3 Å². The van der Waals surface area contributed by atoms with Gasteiger partial charge in [0.05, 0.1) is 0 Å². The molecule has 12 heavy (non-hydrogen) atoms. The summed E-state index contributed by atoms with van der Waals surface area (Å²) >= 11 is 0. The van der Waals surface area contributed by atoms with Crippen LogP contribution < -0.4 is 0 Å². The van der Waals surface area contributed by atoms with Crippen LogP contribution in [0.1, 0.15) is 25.7 Å². The third-order valence-electron chi connectivity index (χ3n) is 1.19. The molecule has 0 amide bonds. The Hall–Kier alpha value is -1.36. The molecule has 62 valence electrons. The zero-order chi connectivity index (χ0) is 9.07. The lowest BCUT2D eigenvalue weighted by Crippen LogP contribution is -1.72. The highest BCUT2D eigenvalue weighted by Gasteiger charge is 1.80. The molecule has 0 spiro atoms. The molecule has 0 aromatic rings. The van der Waals surface area contributed by atoms with E-state index < -0.39 is 0 Å². The van der Waals surface area contributed by atoms with Crippen molar-refractivity contribution >= 4 is 0 Å². The topological polar surface area (TPSA) is 20.2 Å². The van der Waals surface area contributed by atoms with E-state index in [2.05, 4.69) is 29.6 Å². The molecule has 1 nitrogen and oxygen atoms in total. The number of unbranched alkanes of at least 4 members (excludes halogenated alkanes) is 3. The van der Waals surface area contributed by atoms with Crippen molar-refractivity contribution in [2.24, 2.45) is 0 Å². The maximum atomic E-state index is 8.28. The first-order valence-electron chi connectivity index (χ1n) is 3.92. The number of rotatable bonds is 3. The van der Waals surface area contributed by atoms with Crippen LogP contribution in [-0.4, -0.2) is 11.7 Å². The second-order valence-corrected chi connectivity index (χ2v) is 2.17. The maximum Gasteiger partial charge on any atom is 0.105 e. The minimum absolute atomic E-state index is 0.119. The molecule has 0 fully saturated rings. The highest BCUT2D eigenvalue weighted by atomic mass is 16.2. The molecule has 0 aliphatic carbocycles. The summed E-state index contributed by atoms with van der Waals surface area (Å²) in [5.41, 5.74) is 0. The fraction of sp³-hybridized carbons (Fsp3) is 0.455. The summed E-state index contributed by atoms with van der Waals surface area (Å²) in [5.74, 6) is 13.1. The average molecular weight is 160 g/mol. The van der Waals surface area contributed by atoms with Gasteiger partial charge in [0.2, 0.25) is 0 Å². The number of aliphatic hydroxyl groups is 1. The van der Waals surface area contributed by atoms with Crippen LogP contribution in [0.25, 0.3) is 0 Å². The Bertz CT molecular complexity index is 249. The third-order valence-corrected chi connectivity index (χ3v) is 1.19. The minimum atomic E-state index is -0.119. The predicted octanol–water partition coefficient (Wildman–Crippen LogP) is 1.18. The van der Waals surface area contributed by atoms with Gasteiger partial charge in [-0.3, -0.25) is 0 Å². The molecular weight excluding hydrogens is 148 g/mol. The summed E-state index contributed by atoms with van der Waals surface area (Å²) < 4.78 is 0. The van der Waals surface area contributed by atoms with Gasteiger partial charge >= 0.3 is 0 Å². The zero-order valence-electron chi connectivity index (χ0n) is 7.06. The molecule has 1 heteroatoms. The molecule has 0 radical (unpaired) electrons. The number of hydrogen-bond donors (Lipinski definition) is 1. The largest absolute Gasteiger partial charge is 0.384 e. The van der Waals surface area contributed by atoms with Gasteiger partial charge in [0.15, 0.2) is 0 Å². The Morgan fingerprint density at radius 1 is 1.00 bits per heavy atom. The van der Waals surface area contributed by atoms with Crippen LogP contribution in [0.5, 0.6) is 0 Å². The highest BCUT2D eigenvalue weighted by Crippen LogP contribution is 1.96. The fourth-order valence-electron chi connectivity index (χ4n) is 0.631. The van der Waals surface area contributed by atoms with Gasteiger partial charge in [0.25, 0.3) is 0 Å². The van der Waals surface area contributed by atoms with Crippen molar-refractivity contribution in [3.05, 3.63) is 0 Å². The van der Waals surface area contributed by atoms with Gasteiger partial charge < -0.3 is 5.11 Å². The van der Waals surface area contributed by atoms with E-state index in [9.17, 15) is 0 Å². The SMILES string of the molecule is C#CCCCCC#CC#CCO. The van der Waals surface area contributed by atoms with Crippen LogP contribution in [0.4, 0.5) is 0 Å². The molecule has 0 aromatic carbocycles. The van der Waals surface area contributed by atoms with Crippen molar-refractivity contribution in [1.29, 1.82) is 0 Å². The first-order valence-corrected chi connectivity index (χ1v) is 3.92. The van der Waals surface area contributed by atoms with E-state index in [-0.39, 0.29) is 6.61 Å². The summed E-state index contributed by atoms with van der Waals surface area (Å²) in [6.45, 7) is -0.119. The average Bonchev–Trinajstić information content (AvgIpc) is 2.10. The van der Waals surface area contributed by atoms with Crippen LogP contribution in [0.2, 0.25) is 0 Å². The first-order chi connectivity index (χ1) is 5.91. The number of hydrogen-bond acceptors (Lipinski definition) is 1. The van der Waals surface area contributed by atoms with Crippen molar-refractivity contribution in [2.75, 3.05) is 6.61 Å². The lowest BCUT2D eigenvalue weighted by atomic mass is 10.2. The molecule has 0 atom stereocenters. The summed E-state index contributed by atoms with van der Waals surface area (Å²) in [7, 11) is 0. The van der Waals surface area contributed by atoms with Crippen LogP contribution in [-0.2, 0) is 0 Å². The molecule has 0 heterocycles.